The number of hydrogen-bond acceptors (Lipinski definition) is 4. The summed E-state index contributed by atoms with van der Waals surface area (Å²) in [5, 5.41) is 13.0. The smallest absolute Gasteiger partial charge is 0.243 e. The Morgan fingerprint density at radius 2 is 1.74 bits per heavy atom. The van der Waals surface area contributed by atoms with Crippen LogP contribution in [0.25, 0.3) is 0 Å². The van der Waals surface area contributed by atoms with Gasteiger partial charge in [-0.15, -0.1) is 0 Å². The highest BCUT2D eigenvalue weighted by atomic mass is 16.1. The molecule has 0 saturated heterocycles. The Morgan fingerprint density at radius 1 is 1.08 bits per heavy atom. The average Bonchev–Trinajstić information content (AvgIpc) is 2.86. The first-order valence-corrected chi connectivity index (χ1v) is 14.9. The van der Waals surface area contributed by atoms with Crippen molar-refractivity contribution in [3.8, 4) is 6.07 Å². The van der Waals surface area contributed by atoms with Gasteiger partial charge < -0.3 is 5.32 Å². The maximum atomic E-state index is 14.5. The van der Waals surface area contributed by atoms with Crippen LogP contribution < -0.4 is 5.32 Å². The normalized spacial score (nSPS) is 43.8. The maximum Gasteiger partial charge on any atom is 0.243 e. The Kier molecular flexibility index (Phi) is 6.12. The molecule has 3 fully saturated rings. The number of nitriles is 1. The Hall–Kier alpha value is -2.48. The summed E-state index contributed by atoms with van der Waals surface area (Å²) in [5.41, 5.74) is -0.218. The lowest BCUT2D eigenvalue weighted by molar-refractivity contribution is -0.170. The van der Waals surface area contributed by atoms with E-state index in [1.165, 1.54) is 6.08 Å². The van der Waals surface area contributed by atoms with E-state index in [0.29, 0.717) is 6.54 Å². The second-order valence-corrected chi connectivity index (χ2v) is 15.5. The third-order valence-electron chi connectivity index (χ3n) is 12.8. The summed E-state index contributed by atoms with van der Waals surface area (Å²) in [6.07, 6.45) is 12.0. The van der Waals surface area contributed by atoms with Crippen molar-refractivity contribution >= 4 is 17.5 Å². The number of nitrogens with one attached hydrogen (secondary N) is 1. The van der Waals surface area contributed by atoms with Gasteiger partial charge in [-0.1, -0.05) is 66.7 Å². The van der Waals surface area contributed by atoms with E-state index in [0.717, 1.165) is 50.5 Å². The molecule has 0 bridgehead atoms. The monoisotopic (exact) mass is 530 g/mol. The Labute approximate surface area is 234 Å². The molecular weight excluding hydrogens is 484 g/mol. The lowest BCUT2D eigenvalue weighted by Crippen LogP contribution is -2.65. The number of hydrogen-bond donors (Lipinski definition) is 1. The molecule has 5 aliphatic carbocycles. The minimum absolute atomic E-state index is 0.0484. The predicted molar refractivity (Wildman–Crippen MR) is 152 cm³/mol. The Bertz CT molecular complexity index is 1260. The van der Waals surface area contributed by atoms with Gasteiger partial charge in [0.25, 0.3) is 0 Å². The standard InChI is InChI=1S/C34H46N2O3/c1-9-26(38)36-20-34-14-12-29(2,3)18-22(34)27-23(37)16-25-31(6)17-21(19-35)28(39)30(4,5)24(31)10-11-32(25,7)33(27,8)13-15-34/h9,16-17,22,24,27H,1,10-15,18,20H2,2-8H3,(H,36,38)/t22?,24?,27-,31-,32+,33+,34+/m0/s1. The average molecular weight is 531 g/mol. The van der Waals surface area contributed by atoms with Crippen LogP contribution in [0.1, 0.15) is 93.4 Å². The zero-order chi connectivity index (χ0) is 28.8. The second-order valence-electron chi connectivity index (χ2n) is 15.5. The van der Waals surface area contributed by atoms with E-state index in [2.05, 4.69) is 52.6 Å². The van der Waals surface area contributed by atoms with Crippen molar-refractivity contribution in [1.82, 2.24) is 5.32 Å². The van der Waals surface area contributed by atoms with E-state index in [9.17, 15) is 19.6 Å². The molecule has 0 aliphatic heterocycles. The van der Waals surface area contributed by atoms with Crippen molar-refractivity contribution in [3.63, 3.8) is 0 Å². The van der Waals surface area contributed by atoms with Crippen LogP contribution in [0.4, 0.5) is 0 Å². The number of ketones is 2. The van der Waals surface area contributed by atoms with Crippen molar-refractivity contribution in [2.45, 2.75) is 93.4 Å². The molecule has 7 atom stereocenters. The summed E-state index contributed by atoms with van der Waals surface area (Å²) >= 11 is 0. The molecule has 0 aromatic carbocycles. The van der Waals surface area contributed by atoms with Crippen molar-refractivity contribution < 1.29 is 14.4 Å². The van der Waals surface area contributed by atoms with Crippen LogP contribution in [0, 0.1) is 61.6 Å². The summed E-state index contributed by atoms with van der Waals surface area (Å²) in [4.78, 5) is 40.0. The highest BCUT2D eigenvalue weighted by Gasteiger charge is 2.69. The molecule has 5 rings (SSSR count). The number of nitrogens with zero attached hydrogens (tertiary/aromatic N) is 1. The van der Waals surface area contributed by atoms with Gasteiger partial charge in [-0.05, 0) is 90.6 Å². The van der Waals surface area contributed by atoms with Gasteiger partial charge in [0, 0.05) is 23.3 Å². The predicted octanol–water partition coefficient (Wildman–Crippen LogP) is 6.51. The first kappa shape index (κ1) is 28.1. The molecule has 1 amide bonds. The van der Waals surface area contributed by atoms with Gasteiger partial charge in [-0.2, -0.15) is 5.26 Å². The fraction of sp³-hybridized carbons (Fsp3) is 0.706. The van der Waals surface area contributed by atoms with E-state index < -0.39 is 10.8 Å². The summed E-state index contributed by atoms with van der Waals surface area (Å²) in [6.45, 7) is 19.7. The highest BCUT2D eigenvalue weighted by molar-refractivity contribution is 6.04. The van der Waals surface area contributed by atoms with Crippen LogP contribution in [0.2, 0.25) is 0 Å². The molecule has 0 spiro atoms. The summed E-state index contributed by atoms with van der Waals surface area (Å²) in [5.74, 6) is 0.107. The van der Waals surface area contributed by atoms with Crippen LogP contribution in [0.5, 0.6) is 0 Å². The highest BCUT2D eigenvalue weighted by Crippen LogP contribution is 2.74. The third-order valence-corrected chi connectivity index (χ3v) is 12.8. The van der Waals surface area contributed by atoms with Crippen LogP contribution >= 0.6 is 0 Å². The van der Waals surface area contributed by atoms with Crippen molar-refractivity contribution in [3.05, 3.63) is 36.0 Å². The van der Waals surface area contributed by atoms with E-state index in [-0.39, 0.29) is 62.5 Å². The Balaban J connectivity index is 1.65. The third kappa shape index (κ3) is 3.65. The quantitative estimate of drug-likeness (QED) is 0.422. The fourth-order valence-corrected chi connectivity index (χ4v) is 10.4. The maximum absolute atomic E-state index is 14.5. The molecule has 5 heteroatoms. The molecule has 0 heterocycles. The summed E-state index contributed by atoms with van der Waals surface area (Å²) in [6, 6.07) is 2.19. The minimum Gasteiger partial charge on any atom is -0.352 e. The number of carbonyl (C=O) groups excluding carboxylic acids is 3. The van der Waals surface area contributed by atoms with Crippen LogP contribution in [-0.2, 0) is 14.4 Å². The van der Waals surface area contributed by atoms with Crippen molar-refractivity contribution in [1.29, 1.82) is 5.26 Å². The van der Waals surface area contributed by atoms with E-state index in [1.54, 1.807) is 0 Å². The Morgan fingerprint density at radius 3 is 2.38 bits per heavy atom. The largest absolute Gasteiger partial charge is 0.352 e. The van der Waals surface area contributed by atoms with Crippen LogP contribution in [0.15, 0.2) is 36.0 Å². The molecule has 3 saturated carbocycles. The van der Waals surface area contributed by atoms with Crippen LogP contribution in [0.3, 0.4) is 0 Å². The van der Waals surface area contributed by atoms with E-state index in [4.69, 9.17) is 0 Å². The van der Waals surface area contributed by atoms with Gasteiger partial charge in [0.15, 0.2) is 11.6 Å². The lowest BCUT2D eigenvalue weighted by Gasteiger charge is -2.69. The van der Waals surface area contributed by atoms with Gasteiger partial charge in [0.1, 0.15) is 6.07 Å². The number of amides is 1. The van der Waals surface area contributed by atoms with Crippen molar-refractivity contribution in [2.75, 3.05) is 6.54 Å². The van der Waals surface area contributed by atoms with E-state index in [1.807, 2.05) is 26.0 Å². The van der Waals surface area contributed by atoms with Crippen LogP contribution in [-0.4, -0.2) is 24.0 Å². The second kappa shape index (κ2) is 8.51. The molecule has 0 aromatic heterocycles. The molecule has 0 aromatic rings. The zero-order valence-electron chi connectivity index (χ0n) is 25.0. The number of Topliss-reactive ketones (excluding diaryl/α,β-unsaturated/α-hetero) is 1. The molecule has 5 aliphatic rings. The number of allylic oxidation sites excluding steroid dienone is 4. The van der Waals surface area contributed by atoms with Gasteiger partial charge in [0.2, 0.25) is 5.91 Å². The topological polar surface area (TPSA) is 87.0 Å². The molecular formula is C34H46N2O3. The minimum atomic E-state index is -0.657. The number of rotatable bonds is 3. The molecule has 1 N–H and O–H groups in total. The number of carbonyl (C=O) groups is 3. The molecule has 39 heavy (non-hydrogen) atoms. The lowest BCUT2D eigenvalue weighted by atomic mass is 9.34. The van der Waals surface area contributed by atoms with Gasteiger partial charge in [-0.25, -0.2) is 0 Å². The van der Waals surface area contributed by atoms with Gasteiger partial charge in [0.05, 0.1) is 5.57 Å². The van der Waals surface area contributed by atoms with E-state index >= 15 is 0 Å². The summed E-state index contributed by atoms with van der Waals surface area (Å²) < 4.78 is 0. The zero-order valence-corrected chi connectivity index (χ0v) is 25.0. The molecule has 2 unspecified atom stereocenters. The first-order chi connectivity index (χ1) is 18.0. The molecule has 5 nitrogen and oxygen atoms in total. The summed E-state index contributed by atoms with van der Waals surface area (Å²) in [7, 11) is 0. The molecule has 210 valence electrons. The van der Waals surface area contributed by atoms with Gasteiger partial charge in [-0.3, -0.25) is 14.4 Å². The fourth-order valence-electron chi connectivity index (χ4n) is 10.4. The van der Waals surface area contributed by atoms with Gasteiger partial charge >= 0.3 is 0 Å². The molecule has 0 radical (unpaired) electrons. The first-order valence-electron chi connectivity index (χ1n) is 14.9. The number of fused-ring (bicyclic) bond motifs is 7. The SMILES string of the molecule is C=CC(=O)NC[C@]12CCC(C)(C)CC1[C@H]1C(=O)C=C3[C@@]4(C)C=C(C#N)C(=O)C(C)(C)C4CC[C@@]3(C)[C@]1(C)CC2. The van der Waals surface area contributed by atoms with Crippen molar-refractivity contribution in [2.24, 2.45) is 50.2 Å².